The van der Waals surface area contributed by atoms with E-state index in [-0.39, 0.29) is 10.6 Å². The number of imidazole rings is 1. The third-order valence-electron chi connectivity index (χ3n) is 4.72. The highest BCUT2D eigenvalue weighted by Crippen LogP contribution is 2.33. The molecule has 2 heterocycles. The number of para-hydroxylation sites is 3. The van der Waals surface area contributed by atoms with Crippen LogP contribution in [0.15, 0.2) is 84.9 Å². The van der Waals surface area contributed by atoms with Crippen LogP contribution in [-0.2, 0) is 0 Å². The number of fused-ring (bicyclic) bond motifs is 3. The van der Waals surface area contributed by atoms with Gasteiger partial charge in [0.15, 0.2) is 0 Å². The van der Waals surface area contributed by atoms with Crippen molar-refractivity contribution in [3.8, 4) is 22.5 Å². The van der Waals surface area contributed by atoms with Gasteiger partial charge in [0, 0.05) is 6.07 Å². The molecule has 134 valence electrons. The fourth-order valence-electron chi connectivity index (χ4n) is 3.47. The van der Waals surface area contributed by atoms with Crippen LogP contribution < -0.4 is 0 Å². The predicted octanol–water partition coefficient (Wildman–Crippen LogP) is 5.12. The number of hydrogen-bond donors (Lipinski definition) is 0. The number of benzene rings is 3. The number of nitro benzene ring substituents is 1. The Hall–Kier alpha value is -4.06. The van der Waals surface area contributed by atoms with Crippen LogP contribution in [-0.4, -0.2) is 19.3 Å². The van der Waals surface area contributed by atoms with Crippen LogP contribution in [0.4, 0.5) is 5.69 Å². The maximum Gasteiger partial charge on any atom is 0.278 e. The molecule has 6 nitrogen and oxygen atoms in total. The van der Waals surface area contributed by atoms with E-state index in [1.54, 1.807) is 18.2 Å². The summed E-state index contributed by atoms with van der Waals surface area (Å²) in [7, 11) is 0. The minimum Gasteiger partial charge on any atom is -0.276 e. The van der Waals surface area contributed by atoms with Gasteiger partial charge in [-0.25, -0.2) is 9.97 Å². The van der Waals surface area contributed by atoms with Crippen molar-refractivity contribution in [1.29, 1.82) is 0 Å². The summed E-state index contributed by atoms with van der Waals surface area (Å²) in [6, 6.07) is 26.2. The molecular formula is C22H14N4O2. The predicted molar refractivity (Wildman–Crippen MR) is 108 cm³/mol. The summed E-state index contributed by atoms with van der Waals surface area (Å²) in [6.07, 6.45) is 0. The highest BCUT2D eigenvalue weighted by molar-refractivity contribution is 5.85. The zero-order chi connectivity index (χ0) is 19.1. The van der Waals surface area contributed by atoms with E-state index in [0.717, 1.165) is 22.3 Å². The van der Waals surface area contributed by atoms with Gasteiger partial charge in [0.2, 0.25) is 5.78 Å². The molecule has 0 amide bonds. The molecule has 0 spiro atoms. The van der Waals surface area contributed by atoms with E-state index in [2.05, 4.69) is 9.97 Å². The molecule has 0 aliphatic heterocycles. The topological polar surface area (TPSA) is 73.3 Å². The van der Waals surface area contributed by atoms with Crippen LogP contribution in [0.2, 0.25) is 0 Å². The molecule has 0 aliphatic rings. The van der Waals surface area contributed by atoms with E-state index in [9.17, 15) is 10.1 Å². The molecule has 0 saturated heterocycles. The van der Waals surface area contributed by atoms with Crippen molar-refractivity contribution in [3.05, 3.63) is 95.0 Å². The summed E-state index contributed by atoms with van der Waals surface area (Å²) >= 11 is 0. The first-order chi connectivity index (χ1) is 13.7. The van der Waals surface area contributed by atoms with Crippen LogP contribution >= 0.6 is 0 Å². The molecule has 0 aliphatic carbocycles. The molecule has 5 rings (SSSR count). The zero-order valence-corrected chi connectivity index (χ0v) is 14.7. The number of aromatic nitrogens is 3. The number of hydrogen-bond acceptors (Lipinski definition) is 4. The quantitative estimate of drug-likeness (QED) is 0.328. The lowest BCUT2D eigenvalue weighted by molar-refractivity contribution is -0.384. The summed E-state index contributed by atoms with van der Waals surface area (Å²) in [6.45, 7) is 0. The van der Waals surface area contributed by atoms with Crippen molar-refractivity contribution in [1.82, 2.24) is 14.4 Å². The smallest absolute Gasteiger partial charge is 0.276 e. The summed E-state index contributed by atoms with van der Waals surface area (Å²) in [5.74, 6) is 0.510. The molecule has 0 atom stereocenters. The van der Waals surface area contributed by atoms with Crippen molar-refractivity contribution in [2.24, 2.45) is 0 Å². The van der Waals surface area contributed by atoms with Gasteiger partial charge in [0.1, 0.15) is 0 Å². The zero-order valence-electron chi connectivity index (χ0n) is 14.7. The largest absolute Gasteiger partial charge is 0.278 e. The molecule has 0 bridgehead atoms. The van der Waals surface area contributed by atoms with E-state index >= 15 is 0 Å². The van der Waals surface area contributed by atoms with Gasteiger partial charge in [0.05, 0.1) is 32.9 Å². The first-order valence-electron chi connectivity index (χ1n) is 8.80. The summed E-state index contributed by atoms with van der Waals surface area (Å²) in [5.41, 5.74) is 4.65. The summed E-state index contributed by atoms with van der Waals surface area (Å²) < 4.78 is 1.99. The molecule has 3 aromatic carbocycles. The molecule has 0 unspecified atom stereocenters. The lowest BCUT2D eigenvalue weighted by atomic mass is 10.1. The van der Waals surface area contributed by atoms with Crippen LogP contribution in [0.25, 0.3) is 39.3 Å². The molecule has 5 aromatic rings. The molecular weight excluding hydrogens is 352 g/mol. The van der Waals surface area contributed by atoms with Gasteiger partial charge >= 0.3 is 0 Å². The highest BCUT2D eigenvalue weighted by atomic mass is 16.6. The van der Waals surface area contributed by atoms with Crippen LogP contribution in [0.3, 0.4) is 0 Å². The minimum atomic E-state index is -0.383. The maximum absolute atomic E-state index is 11.5. The Morgan fingerprint density at radius 1 is 0.821 bits per heavy atom. The van der Waals surface area contributed by atoms with E-state index in [0.29, 0.717) is 17.0 Å². The molecule has 0 fully saturated rings. The standard InChI is InChI=1S/C22H14N4O2/c27-26(28)19-12-6-4-10-16(19)18-14-21(15-8-2-1-3-9-15)25-20-13-7-5-11-17(20)23-22(25)24-18/h1-14H. The number of nitrogens with zero attached hydrogens (tertiary/aromatic N) is 4. The monoisotopic (exact) mass is 366 g/mol. The van der Waals surface area contributed by atoms with E-state index < -0.39 is 0 Å². The van der Waals surface area contributed by atoms with Crippen molar-refractivity contribution in [2.75, 3.05) is 0 Å². The molecule has 2 aromatic heterocycles. The Morgan fingerprint density at radius 3 is 2.36 bits per heavy atom. The van der Waals surface area contributed by atoms with Gasteiger partial charge in [-0.2, -0.15) is 0 Å². The lowest BCUT2D eigenvalue weighted by Crippen LogP contribution is -1.99. The van der Waals surface area contributed by atoms with Crippen molar-refractivity contribution in [3.63, 3.8) is 0 Å². The Labute approximate surface area is 159 Å². The van der Waals surface area contributed by atoms with Crippen molar-refractivity contribution < 1.29 is 4.92 Å². The van der Waals surface area contributed by atoms with Gasteiger partial charge in [0.25, 0.3) is 5.69 Å². The first kappa shape index (κ1) is 16.1. The molecule has 28 heavy (non-hydrogen) atoms. The second-order valence-electron chi connectivity index (χ2n) is 6.40. The Morgan fingerprint density at radius 2 is 1.54 bits per heavy atom. The Balaban J connectivity index is 1.89. The summed E-state index contributed by atoms with van der Waals surface area (Å²) in [4.78, 5) is 20.4. The maximum atomic E-state index is 11.5. The second kappa shape index (κ2) is 6.28. The molecule has 0 N–H and O–H groups in total. The molecule has 0 saturated carbocycles. The van der Waals surface area contributed by atoms with Crippen molar-refractivity contribution in [2.45, 2.75) is 0 Å². The van der Waals surface area contributed by atoms with Crippen LogP contribution in [0.1, 0.15) is 0 Å². The Bertz CT molecular complexity index is 1340. The third kappa shape index (κ3) is 2.51. The second-order valence-corrected chi connectivity index (χ2v) is 6.40. The van der Waals surface area contributed by atoms with E-state index in [4.69, 9.17) is 0 Å². The van der Waals surface area contributed by atoms with Gasteiger partial charge in [-0.05, 0) is 29.8 Å². The highest BCUT2D eigenvalue weighted by Gasteiger charge is 2.19. The van der Waals surface area contributed by atoms with Gasteiger partial charge in [-0.3, -0.25) is 14.5 Å². The van der Waals surface area contributed by atoms with Crippen LogP contribution in [0.5, 0.6) is 0 Å². The SMILES string of the molecule is O=[N+]([O-])c1ccccc1-c1cc(-c2ccccc2)n2c(n1)nc1ccccc12. The molecule has 6 heteroatoms. The number of nitro groups is 1. The fourth-order valence-corrected chi connectivity index (χ4v) is 3.47. The minimum absolute atomic E-state index is 0.0227. The third-order valence-corrected chi connectivity index (χ3v) is 4.72. The van der Waals surface area contributed by atoms with Crippen molar-refractivity contribution >= 4 is 22.5 Å². The first-order valence-corrected chi connectivity index (χ1v) is 8.80. The van der Waals surface area contributed by atoms with Gasteiger partial charge < -0.3 is 0 Å². The van der Waals surface area contributed by atoms with Crippen LogP contribution in [0, 0.1) is 10.1 Å². The number of rotatable bonds is 3. The summed E-state index contributed by atoms with van der Waals surface area (Å²) in [5, 5.41) is 11.5. The Kier molecular flexibility index (Phi) is 3.62. The van der Waals surface area contributed by atoms with E-state index in [1.165, 1.54) is 6.07 Å². The van der Waals surface area contributed by atoms with Gasteiger partial charge in [-0.15, -0.1) is 0 Å². The molecule has 0 radical (unpaired) electrons. The van der Waals surface area contributed by atoms with E-state index in [1.807, 2.05) is 65.1 Å². The lowest BCUT2D eigenvalue weighted by Gasteiger charge is -2.10. The van der Waals surface area contributed by atoms with Gasteiger partial charge in [-0.1, -0.05) is 54.6 Å². The normalized spacial score (nSPS) is 11.1. The fraction of sp³-hybridized carbons (Fsp3) is 0. The average molecular weight is 366 g/mol. The average Bonchev–Trinajstić information content (AvgIpc) is 3.12.